The monoisotopic (exact) mass is 164 g/mol. The molecule has 0 N–H and O–H groups in total. The van der Waals surface area contributed by atoms with Gasteiger partial charge >= 0.3 is 0 Å². The molecule has 2 rings (SSSR count). The Morgan fingerprint density at radius 3 is 2.83 bits per heavy atom. The summed E-state index contributed by atoms with van der Waals surface area (Å²) >= 11 is 0. The predicted molar refractivity (Wildman–Crippen MR) is 46.1 cm³/mol. The van der Waals surface area contributed by atoms with Gasteiger partial charge in [0.2, 0.25) is 0 Å². The van der Waals surface area contributed by atoms with Crippen LogP contribution in [0.1, 0.15) is 30.9 Å². The summed E-state index contributed by atoms with van der Waals surface area (Å²) in [7, 11) is 1.72. The zero-order chi connectivity index (χ0) is 8.55. The Bertz CT molecular complexity index is 339. The van der Waals surface area contributed by atoms with Crippen molar-refractivity contribution in [2.45, 2.75) is 25.2 Å². The number of aryl methyl sites for hydroxylation is 1. The summed E-state index contributed by atoms with van der Waals surface area (Å²) in [5, 5.41) is 0. The van der Waals surface area contributed by atoms with E-state index in [2.05, 4.69) is 4.98 Å². The summed E-state index contributed by atoms with van der Waals surface area (Å²) in [6.07, 6.45) is 5.28. The van der Waals surface area contributed by atoms with Crippen molar-refractivity contribution < 1.29 is 0 Å². The van der Waals surface area contributed by atoms with E-state index in [4.69, 9.17) is 0 Å². The van der Waals surface area contributed by atoms with Gasteiger partial charge in [-0.25, -0.2) is 4.98 Å². The zero-order valence-corrected chi connectivity index (χ0v) is 7.16. The van der Waals surface area contributed by atoms with Gasteiger partial charge in [0, 0.05) is 19.0 Å². The number of rotatable bonds is 1. The zero-order valence-electron chi connectivity index (χ0n) is 7.16. The molecule has 0 radical (unpaired) electrons. The molecule has 3 heteroatoms. The van der Waals surface area contributed by atoms with Crippen molar-refractivity contribution in [2.24, 2.45) is 7.05 Å². The van der Waals surface area contributed by atoms with Crippen molar-refractivity contribution in [3.8, 4) is 0 Å². The minimum Gasteiger partial charge on any atom is -0.302 e. The normalized spacial score (nSPS) is 17.4. The molecule has 1 aromatic rings. The van der Waals surface area contributed by atoms with Crippen molar-refractivity contribution in [1.29, 1.82) is 0 Å². The van der Waals surface area contributed by atoms with E-state index in [0.717, 1.165) is 5.69 Å². The quantitative estimate of drug-likeness (QED) is 0.621. The average Bonchev–Trinajstić information content (AvgIpc) is 1.93. The highest BCUT2D eigenvalue weighted by Crippen LogP contribution is 2.34. The van der Waals surface area contributed by atoms with Gasteiger partial charge in [-0.1, -0.05) is 6.42 Å². The highest BCUT2D eigenvalue weighted by Gasteiger charge is 2.20. The topological polar surface area (TPSA) is 34.9 Å². The van der Waals surface area contributed by atoms with Crippen LogP contribution in [0.25, 0.3) is 0 Å². The first-order chi connectivity index (χ1) is 5.77. The van der Waals surface area contributed by atoms with E-state index in [0.29, 0.717) is 5.92 Å². The lowest BCUT2D eigenvalue weighted by Crippen LogP contribution is -2.20. The molecule has 1 fully saturated rings. The van der Waals surface area contributed by atoms with Gasteiger partial charge in [0.05, 0.1) is 12.0 Å². The summed E-state index contributed by atoms with van der Waals surface area (Å²) < 4.78 is 1.50. The molecule has 3 nitrogen and oxygen atoms in total. The highest BCUT2D eigenvalue weighted by molar-refractivity contribution is 5.09. The predicted octanol–water partition coefficient (Wildman–Crippen LogP) is 1.05. The van der Waals surface area contributed by atoms with Gasteiger partial charge in [-0.15, -0.1) is 0 Å². The Morgan fingerprint density at radius 1 is 1.58 bits per heavy atom. The SMILES string of the molecule is Cn1cnc(C2CCC2)cc1=O. The molecular weight excluding hydrogens is 152 g/mol. The van der Waals surface area contributed by atoms with Crippen LogP contribution in [0.5, 0.6) is 0 Å². The van der Waals surface area contributed by atoms with E-state index in [-0.39, 0.29) is 5.56 Å². The smallest absolute Gasteiger partial charge is 0.253 e. The molecule has 0 aromatic carbocycles. The lowest BCUT2D eigenvalue weighted by Gasteiger charge is -2.24. The van der Waals surface area contributed by atoms with Gasteiger partial charge < -0.3 is 4.57 Å². The Labute approximate surface area is 71.1 Å². The van der Waals surface area contributed by atoms with Crippen LogP contribution >= 0.6 is 0 Å². The summed E-state index contributed by atoms with van der Waals surface area (Å²) in [6.45, 7) is 0. The lowest BCUT2D eigenvalue weighted by molar-refractivity contribution is 0.409. The van der Waals surface area contributed by atoms with Crippen LogP contribution in [-0.2, 0) is 7.05 Å². The molecule has 0 aliphatic heterocycles. The second kappa shape index (κ2) is 2.73. The minimum absolute atomic E-state index is 0.0481. The molecule has 0 amide bonds. The lowest BCUT2D eigenvalue weighted by atomic mass is 9.83. The summed E-state index contributed by atoms with van der Waals surface area (Å²) in [6, 6.07) is 1.66. The molecule has 1 aromatic heterocycles. The third-order valence-electron chi connectivity index (χ3n) is 2.52. The van der Waals surface area contributed by atoms with Crippen molar-refractivity contribution in [1.82, 2.24) is 9.55 Å². The van der Waals surface area contributed by atoms with E-state index < -0.39 is 0 Å². The van der Waals surface area contributed by atoms with E-state index >= 15 is 0 Å². The number of hydrogen-bond acceptors (Lipinski definition) is 2. The van der Waals surface area contributed by atoms with Crippen molar-refractivity contribution in [3.05, 3.63) is 28.4 Å². The molecule has 0 atom stereocenters. The van der Waals surface area contributed by atoms with Crippen LogP contribution in [0, 0.1) is 0 Å². The molecule has 0 unspecified atom stereocenters. The summed E-state index contributed by atoms with van der Waals surface area (Å²) in [4.78, 5) is 15.4. The number of aromatic nitrogens is 2. The Morgan fingerprint density at radius 2 is 2.33 bits per heavy atom. The van der Waals surface area contributed by atoms with Crippen LogP contribution in [0.3, 0.4) is 0 Å². The fourth-order valence-corrected chi connectivity index (χ4v) is 1.40. The first-order valence-electron chi connectivity index (χ1n) is 4.30. The van der Waals surface area contributed by atoms with Gasteiger partial charge in [-0.3, -0.25) is 4.79 Å². The van der Waals surface area contributed by atoms with Gasteiger partial charge in [-0.2, -0.15) is 0 Å². The third-order valence-corrected chi connectivity index (χ3v) is 2.52. The molecule has 0 spiro atoms. The van der Waals surface area contributed by atoms with E-state index in [1.165, 1.54) is 23.8 Å². The molecule has 0 bridgehead atoms. The fraction of sp³-hybridized carbons (Fsp3) is 0.556. The van der Waals surface area contributed by atoms with E-state index in [1.54, 1.807) is 19.4 Å². The maximum Gasteiger partial charge on any atom is 0.253 e. The molecule has 1 heterocycles. The summed E-state index contributed by atoms with van der Waals surface area (Å²) in [5.41, 5.74) is 1.02. The first-order valence-corrected chi connectivity index (χ1v) is 4.30. The van der Waals surface area contributed by atoms with Crippen molar-refractivity contribution >= 4 is 0 Å². The Hall–Kier alpha value is -1.12. The molecular formula is C9H12N2O. The maximum absolute atomic E-state index is 11.2. The molecule has 1 saturated carbocycles. The first kappa shape index (κ1) is 7.53. The fourth-order valence-electron chi connectivity index (χ4n) is 1.40. The van der Waals surface area contributed by atoms with E-state index in [9.17, 15) is 4.79 Å². The molecule has 12 heavy (non-hydrogen) atoms. The maximum atomic E-state index is 11.2. The standard InChI is InChI=1S/C9H12N2O/c1-11-6-10-8(5-9(11)12)7-3-2-4-7/h5-7H,2-4H2,1H3. The second-order valence-corrected chi connectivity index (χ2v) is 3.39. The molecule has 1 aliphatic carbocycles. The van der Waals surface area contributed by atoms with Gasteiger partial charge in [0.15, 0.2) is 0 Å². The van der Waals surface area contributed by atoms with E-state index in [1.807, 2.05) is 0 Å². The van der Waals surface area contributed by atoms with Crippen LogP contribution in [0.15, 0.2) is 17.2 Å². The van der Waals surface area contributed by atoms with Crippen LogP contribution in [0.2, 0.25) is 0 Å². The molecule has 1 aliphatic rings. The number of hydrogen-bond donors (Lipinski definition) is 0. The Balaban J connectivity index is 2.33. The van der Waals surface area contributed by atoms with Crippen LogP contribution < -0.4 is 5.56 Å². The Kier molecular flexibility index (Phi) is 1.71. The van der Waals surface area contributed by atoms with Crippen LogP contribution in [0.4, 0.5) is 0 Å². The summed E-state index contributed by atoms with van der Waals surface area (Å²) in [5.74, 6) is 0.555. The van der Waals surface area contributed by atoms with Gasteiger partial charge in [0.1, 0.15) is 0 Å². The van der Waals surface area contributed by atoms with Crippen molar-refractivity contribution in [3.63, 3.8) is 0 Å². The molecule has 0 saturated heterocycles. The molecule has 64 valence electrons. The second-order valence-electron chi connectivity index (χ2n) is 3.39. The third kappa shape index (κ3) is 1.15. The van der Waals surface area contributed by atoms with Crippen LogP contribution in [-0.4, -0.2) is 9.55 Å². The van der Waals surface area contributed by atoms with Crippen molar-refractivity contribution in [2.75, 3.05) is 0 Å². The van der Waals surface area contributed by atoms with Gasteiger partial charge in [-0.05, 0) is 12.8 Å². The highest BCUT2D eigenvalue weighted by atomic mass is 16.1. The minimum atomic E-state index is 0.0481. The average molecular weight is 164 g/mol. The van der Waals surface area contributed by atoms with Gasteiger partial charge in [0.25, 0.3) is 5.56 Å². The number of nitrogens with zero attached hydrogens (tertiary/aromatic N) is 2. The largest absolute Gasteiger partial charge is 0.302 e.